The van der Waals surface area contributed by atoms with Gasteiger partial charge in [-0.1, -0.05) is 24.3 Å². The average Bonchev–Trinajstić information content (AvgIpc) is 3.04. The minimum atomic E-state index is -4.47. The van der Waals surface area contributed by atoms with E-state index in [4.69, 9.17) is 0 Å². The number of alkyl halides is 3. The first-order valence-electron chi connectivity index (χ1n) is 8.51. The van der Waals surface area contributed by atoms with E-state index in [1.807, 2.05) is 0 Å². The molecule has 2 aromatic carbocycles. The summed E-state index contributed by atoms with van der Waals surface area (Å²) in [4.78, 5) is 12.4. The molecule has 0 spiro atoms. The van der Waals surface area contributed by atoms with E-state index in [0.29, 0.717) is 17.7 Å². The van der Waals surface area contributed by atoms with Crippen LogP contribution >= 0.6 is 0 Å². The molecule has 0 aliphatic rings. The van der Waals surface area contributed by atoms with Crippen LogP contribution in [0.2, 0.25) is 0 Å². The molecule has 0 bridgehead atoms. The van der Waals surface area contributed by atoms with Crippen molar-refractivity contribution in [2.75, 3.05) is 6.54 Å². The lowest BCUT2D eigenvalue weighted by Gasteiger charge is -2.10. The van der Waals surface area contributed by atoms with Crippen LogP contribution in [-0.4, -0.2) is 22.2 Å². The fourth-order valence-corrected chi connectivity index (χ4v) is 2.81. The number of carbonyl (C=O) groups excluding carboxylic acids is 1. The molecule has 146 valence electrons. The summed E-state index contributed by atoms with van der Waals surface area (Å²) >= 11 is 0. The van der Waals surface area contributed by atoms with Gasteiger partial charge in [-0.25, -0.2) is 9.07 Å². The molecule has 0 radical (unpaired) electrons. The van der Waals surface area contributed by atoms with Crippen LogP contribution in [0.25, 0.3) is 5.69 Å². The smallest absolute Gasteiger partial charge is 0.352 e. The van der Waals surface area contributed by atoms with Crippen molar-refractivity contribution in [1.82, 2.24) is 15.1 Å². The van der Waals surface area contributed by atoms with E-state index >= 15 is 0 Å². The van der Waals surface area contributed by atoms with Crippen LogP contribution < -0.4 is 5.32 Å². The maximum Gasteiger partial charge on any atom is 0.416 e. The summed E-state index contributed by atoms with van der Waals surface area (Å²) in [6, 6.07) is 11.0. The zero-order valence-corrected chi connectivity index (χ0v) is 14.9. The van der Waals surface area contributed by atoms with E-state index in [-0.39, 0.29) is 23.6 Å². The standard InChI is InChI=1S/C20H17F4N3O/c1-13-17(19(28)25-10-9-14-5-2-3-8-18(14)21)12-26-27(13)16-7-4-6-15(11-16)20(22,23)24/h2-8,11-12H,9-10H2,1H3,(H,25,28). The summed E-state index contributed by atoms with van der Waals surface area (Å²) in [6.45, 7) is 1.81. The van der Waals surface area contributed by atoms with Gasteiger partial charge in [-0.05, 0) is 43.2 Å². The van der Waals surface area contributed by atoms with E-state index < -0.39 is 17.6 Å². The van der Waals surface area contributed by atoms with Crippen LogP contribution in [0.3, 0.4) is 0 Å². The number of benzene rings is 2. The Labute approximate surface area is 158 Å². The Hall–Kier alpha value is -3.16. The Morgan fingerprint density at radius 2 is 1.89 bits per heavy atom. The predicted molar refractivity (Wildman–Crippen MR) is 95.7 cm³/mol. The SMILES string of the molecule is Cc1c(C(=O)NCCc2ccccc2F)cnn1-c1cccc(C(F)(F)F)c1. The monoisotopic (exact) mass is 391 g/mol. The van der Waals surface area contributed by atoms with Crippen molar-refractivity contribution in [2.24, 2.45) is 0 Å². The van der Waals surface area contributed by atoms with E-state index in [9.17, 15) is 22.4 Å². The molecular weight excluding hydrogens is 374 g/mol. The Bertz CT molecular complexity index is 995. The van der Waals surface area contributed by atoms with Crippen molar-refractivity contribution in [2.45, 2.75) is 19.5 Å². The van der Waals surface area contributed by atoms with Crippen LogP contribution in [-0.2, 0) is 12.6 Å². The minimum absolute atomic E-state index is 0.206. The van der Waals surface area contributed by atoms with Gasteiger partial charge in [-0.3, -0.25) is 4.79 Å². The second-order valence-electron chi connectivity index (χ2n) is 6.20. The van der Waals surface area contributed by atoms with Crippen molar-refractivity contribution >= 4 is 5.91 Å². The van der Waals surface area contributed by atoms with E-state index in [1.165, 1.54) is 29.1 Å². The number of amides is 1. The van der Waals surface area contributed by atoms with E-state index in [0.717, 1.165) is 12.1 Å². The third kappa shape index (κ3) is 4.21. The molecule has 8 heteroatoms. The normalized spacial score (nSPS) is 11.5. The highest BCUT2D eigenvalue weighted by atomic mass is 19.4. The maximum absolute atomic E-state index is 13.6. The molecule has 1 heterocycles. The number of rotatable bonds is 5. The molecule has 3 aromatic rings. The van der Waals surface area contributed by atoms with Crippen LogP contribution in [0.15, 0.2) is 54.7 Å². The summed E-state index contributed by atoms with van der Waals surface area (Å²) in [5.74, 6) is -0.766. The molecular formula is C20H17F4N3O. The van der Waals surface area contributed by atoms with Crippen LogP contribution in [0.4, 0.5) is 17.6 Å². The van der Waals surface area contributed by atoms with Crippen molar-refractivity contribution in [3.63, 3.8) is 0 Å². The third-order valence-electron chi connectivity index (χ3n) is 4.31. The fraction of sp³-hybridized carbons (Fsp3) is 0.200. The van der Waals surface area contributed by atoms with Crippen molar-refractivity contribution in [3.8, 4) is 5.69 Å². The number of nitrogens with one attached hydrogen (secondary N) is 1. The molecule has 1 N–H and O–H groups in total. The molecule has 4 nitrogen and oxygen atoms in total. The topological polar surface area (TPSA) is 46.9 Å². The van der Waals surface area contributed by atoms with Gasteiger partial charge in [0.2, 0.25) is 0 Å². The molecule has 28 heavy (non-hydrogen) atoms. The van der Waals surface area contributed by atoms with Crippen LogP contribution in [0.5, 0.6) is 0 Å². The van der Waals surface area contributed by atoms with E-state index in [1.54, 1.807) is 25.1 Å². The lowest BCUT2D eigenvalue weighted by molar-refractivity contribution is -0.137. The zero-order chi connectivity index (χ0) is 20.3. The van der Waals surface area contributed by atoms with Crippen molar-refractivity contribution < 1.29 is 22.4 Å². The first-order chi connectivity index (χ1) is 13.3. The van der Waals surface area contributed by atoms with Gasteiger partial charge in [0.25, 0.3) is 5.91 Å². The highest BCUT2D eigenvalue weighted by Gasteiger charge is 2.30. The summed E-state index contributed by atoms with van der Waals surface area (Å²) in [5.41, 5.74) is 0.543. The number of nitrogens with zero attached hydrogens (tertiary/aromatic N) is 2. The number of hydrogen-bond acceptors (Lipinski definition) is 2. The first kappa shape index (κ1) is 19.6. The number of carbonyl (C=O) groups is 1. The molecule has 3 rings (SSSR count). The molecule has 1 aromatic heterocycles. The van der Waals surface area contributed by atoms with Gasteiger partial charge >= 0.3 is 6.18 Å². The largest absolute Gasteiger partial charge is 0.416 e. The Morgan fingerprint density at radius 1 is 1.14 bits per heavy atom. The average molecular weight is 391 g/mol. The summed E-state index contributed by atoms with van der Waals surface area (Å²) < 4.78 is 53.6. The maximum atomic E-state index is 13.6. The van der Waals surface area contributed by atoms with Gasteiger partial charge in [0, 0.05) is 6.54 Å². The molecule has 0 saturated heterocycles. The molecule has 0 aliphatic carbocycles. The minimum Gasteiger partial charge on any atom is -0.352 e. The number of aromatic nitrogens is 2. The van der Waals surface area contributed by atoms with Crippen molar-refractivity contribution in [1.29, 1.82) is 0 Å². The molecule has 1 amide bonds. The zero-order valence-electron chi connectivity index (χ0n) is 14.9. The molecule has 0 aliphatic heterocycles. The molecule has 0 atom stereocenters. The fourth-order valence-electron chi connectivity index (χ4n) is 2.81. The second-order valence-corrected chi connectivity index (χ2v) is 6.20. The molecule has 0 unspecified atom stereocenters. The quantitative estimate of drug-likeness (QED) is 0.659. The second kappa shape index (κ2) is 7.84. The Morgan fingerprint density at radius 3 is 2.61 bits per heavy atom. The highest BCUT2D eigenvalue weighted by molar-refractivity contribution is 5.95. The summed E-state index contributed by atoms with van der Waals surface area (Å²) in [6.07, 6.45) is -2.85. The lowest BCUT2D eigenvalue weighted by Crippen LogP contribution is -2.26. The molecule has 0 saturated carbocycles. The van der Waals surface area contributed by atoms with E-state index in [2.05, 4.69) is 10.4 Å². The Kier molecular flexibility index (Phi) is 5.48. The number of hydrogen-bond donors (Lipinski definition) is 1. The molecule has 0 fully saturated rings. The van der Waals surface area contributed by atoms with Gasteiger partial charge in [-0.15, -0.1) is 0 Å². The van der Waals surface area contributed by atoms with Crippen LogP contribution in [0, 0.1) is 12.7 Å². The lowest BCUT2D eigenvalue weighted by atomic mass is 10.1. The van der Waals surface area contributed by atoms with Crippen molar-refractivity contribution in [3.05, 3.63) is 82.9 Å². The van der Waals surface area contributed by atoms with Gasteiger partial charge in [-0.2, -0.15) is 18.3 Å². The summed E-state index contributed by atoms with van der Waals surface area (Å²) in [7, 11) is 0. The Balaban J connectivity index is 1.72. The predicted octanol–water partition coefficient (Wildman–Crippen LogP) is 4.31. The van der Waals surface area contributed by atoms with Gasteiger partial charge in [0.05, 0.1) is 28.7 Å². The first-order valence-corrected chi connectivity index (χ1v) is 8.51. The van der Waals surface area contributed by atoms with Gasteiger partial charge < -0.3 is 5.32 Å². The van der Waals surface area contributed by atoms with Gasteiger partial charge in [0.1, 0.15) is 5.82 Å². The summed E-state index contributed by atoms with van der Waals surface area (Å²) in [5, 5.41) is 6.72. The highest BCUT2D eigenvalue weighted by Crippen LogP contribution is 2.30. The number of halogens is 4. The van der Waals surface area contributed by atoms with Gasteiger partial charge in [0.15, 0.2) is 0 Å². The van der Waals surface area contributed by atoms with Crippen LogP contribution in [0.1, 0.15) is 27.2 Å². The third-order valence-corrected chi connectivity index (χ3v) is 4.31.